The third-order valence-electron chi connectivity index (χ3n) is 4.40. The fraction of sp³-hybridized carbons (Fsp3) is 0.250. The van der Waals surface area contributed by atoms with Gasteiger partial charge in [0.1, 0.15) is 0 Å². The molecule has 6 nitrogen and oxygen atoms in total. The molecular weight excluding hydrogens is 401 g/mol. The van der Waals surface area contributed by atoms with E-state index in [1.54, 1.807) is 36.4 Å². The highest BCUT2D eigenvalue weighted by atomic mass is 35.5. The van der Waals surface area contributed by atoms with E-state index in [2.05, 4.69) is 10.6 Å². The third-order valence-corrected chi connectivity index (χ3v) is 4.99. The first-order chi connectivity index (χ1) is 13.4. The highest BCUT2D eigenvalue weighted by Gasteiger charge is 2.28. The van der Waals surface area contributed by atoms with Crippen molar-refractivity contribution in [1.82, 2.24) is 10.2 Å². The van der Waals surface area contributed by atoms with Crippen LogP contribution in [-0.2, 0) is 22.6 Å². The van der Waals surface area contributed by atoms with Crippen LogP contribution in [0.2, 0.25) is 10.0 Å². The maximum Gasteiger partial charge on any atom is 0.319 e. The summed E-state index contributed by atoms with van der Waals surface area (Å²) in [6.45, 7) is 0.677. The van der Waals surface area contributed by atoms with E-state index >= 15 is 0 Å². The van der Waals surface area contributed by atoms with Gasteiger partial charge in [-0.25, -0.2) is 4.79 Å². The minimum Gasteiger partial charge on any atom is -0.338 e. The molecule has 0 aromatic heterocycles. The summed E-state index contributed by atoms with van der Waals surface area (Å²) >= 11 is 12.0. The molecule has 2 N–H and O–H groups in total. The van der Waals surface area contributed by atoms with Gasteiger partial charge in [0, 0.05) is 35.1 Å². The average molecular weight is 420 g/mol. The van der Waals surface area contributed by atoms with Gasteiger partial charge in [-0.05, 0) is 41.8 Å². The van der Waals surface area contributed by atoms with E-state index in [0.717, 1.165) is 11.1 Å². The van der Waals surface area contributed by atoms with Crippen molar-refractivity contribution in [2.45, 2.75) is 25.8 Å². The van der Waals surface area contributed by atoms with Crippen LogP contribution in [0.4, 0.5) is 10.5 Å². The van der Waals surface area contributed by atoms with Gasteiger partial charge in [0.15, 0.2) is 0 Å². The number of nitrogens with one attached hydrogen (secondary N) is 2. The molecule has 0 aliphatic carbocycles. The van der Waals surface area contributed by atoms with Crippen molar-refractivity contribution >= 4 is 46.7 Å². The fourth-order valence-corrected chi connectivity index (χ4v) is 3.39. The maximum atomic E-state index is 12.0. The van der Waals surface area contributed by atoms with E-state index < -0.39 is 0 Å². The van der Waals surface area contributed by atoms with E-state index in [4.69, 9.17) is 23.2 Å². The lowest BCUT2D eigenvalue weighted by atomic mass is 10.1. The van der Waals surface area contributed by atoms with E-state index in [1.807, 2.05) is 6.07 Å². The van der Waals surface area contributed by atoms with Crippen LogP contribution >= 0.6 is 23.2 Å². The Morgan fingerprint density at radius 1 is 1.00 bits per heavy atom. The number of carbonyl (C=O) groups is 3. The Kier molecular flexibility index (Phi) is 6.54. The Hall–Kier alpha value is -2.57. The van der Waals surface area contributed by atoms with Gasteiger partial charge in [-0.3, -0.25) is 14.5 Å². The molecule has 0 saturated carbocycles. The smallest absolute Gasteiger partial charge is 0.319 e. The van der Waals surface area contributed by atoms with E-state index in [-0.39, 0.29) is 37.2 Å². The average Bonchev–Trinajstić information content (AvgIpc) is 2.97. The van der Waals surface area contributed by atoms with Crippen LogP contribution in [0.25, 0.3) is 0 Å². The van der Waals surface area contributed by atoms with Crippen LogP contribution in [0.5, 0.6) is 0 Å². The number of nitrogens with zero attached hydrogens (tertiary/aromatic N) is 1. The molecule has 1 aliphatic heterocycles. The summed E-state index contributed by atoms with van der Waals surface area (Å²) < 4.78 is 0. The molecule has 0 spiro atoms. The molecule has 3 rings (SSSR count). The minimum atomic E-state index is -0.331. The molecule has 146 valence electrons. The number of imide groups is 1. The van der Waals surface area contributed by atoms with Crippen LogP contribution in [0.1, 0.15) is 24.0 Å². The summed E-state index contributed by atoms with van der Waals surface area (Å²) in [5, 5.41) is 6.65. The summed E-state index contributed by atoms with van der Waals surface area (Å²) in [5.74, 6) is -0.292. The van der Waals surface area contributed by atoms with Crippen molar-refractivity contribution in [1.29, 1.82) is 0 Å². The summed E-state index contributed by atoms with van der Waals surface area (Å²) in [6.07, 6.45) is 1.14. The van der Waals surface area contributed by atoms with Crippen molar-refractivity contribution in [3.05, 3.63) is 63.6 Å². The fourth-order valence-electron chi connectivity index (χ4n) is 2.89. The van der Waals surface area contributed by atoms with Gasteiger partial charge >= 0.3 is 6.03 Å². The predicted molar refractivity (Wildman–Crippen MR) is 108 cm³/mol. The minimum absolute atomic E-state index is 0.146. The second-order valence-corrected chi connectivity index (χ2v) is 7.28. The number of carbonyl (C=O) groups excluding carboxylic acids is 3. The predicted octanol–water partition coefficient (Wildman–Crippen LogP) is 4.01. The van der Waals surface area contributed by atoms with Crippen molar-refractivity contribution in [2.75, 3.05) is 11.9 Å². The van der Waals surface area contributed by atoms with Gasteiger partial charge in [0.25, 0.3) is 0 Å². The molecule has 1 aliphatic rings. The summed E-state index contributed by atoms with van der Waals surface area (Å²) in [5.41, 5.74) is 2.35. The van der Waals surface area contributed by atoms with Crippen molar-refractivity contribution in [3.63, 3.8) is 0 Å². The Morgan fingerprint density at radius 2 is 1.68 bits per heavy atom. The Morgan fingerprint density at radius 3 is 2.32 bits per heavy atom. The highest BCUT2D eigenvalue weighted by molar-refractivity contribution is 6.35. The van der Waals surface area contributed by atoms with E-state index in [0.29, 0.717) is 28.7 Å². The largest absolute Gasteiger partial charge is 0.338 e. The molecule has 0 atom stereocenters. The molecule has 0 bridgehead atoms. The zero-order chi connectivity index (χ0) is 20.1. The molecule has 4 amide bonds. The molecule has 8 heteroatoms. The van der Waals surface area contributed by atoms with Crippen LogP contribution in [-0.4, -0.2) is 29.3 Å². The first-order valence-electron chi connectivity index (χ1n) is 8.83. The summed E-state index contributed by atoms with van der Waals surface area (Å²) in [7, 11) is 0. The van der Waals surface area contributed by atoms with Crippen molar-refractivity contribution < 1.29 is 14.4 Å². The summed E-state index contributed by atoms with van der Waals surface area (Å²) in [4.78, 5) is 36.6. The summed E-state index contributed by atoms with van der Waals surface area (Å²) in [6, 6.07) is 12.0. The lowest BCUT2D eigenvalue weighted by Gasteiger charge is -2.14. The zero-order valence-corrected chi connectivity index (χ0v) is 16.5. The number of benzene rings is 2. The molecule has 28 heavy (non-hydrogen) atoms. The first kappa shape index (κ1) is 20.2. The molecule has 1 heterocycles. The van der Waals surface area contributed by atoms with Gasteiger partial charge in [-0.2, -0.15) is 0 Å². The van der Waals surface area contributed by atoms with Gasteiger partial charge < -0.3 is 10.6 Å². The van der Waals surface area contributed by atoms with E-state index in [9.17, 15) is 14.4 Å². The number of likely N-dealkylation sites (tertiary alicyclic amines) is 1. The number of rotatable bonds is 6. The van der Waals surface area contributed by atoms with Crippen LogP contribution in [0, 0.1) is 0 Å². The number of halogens is 2. The number of amides is 4. The normalized spacial score (nSPS) is 13.7. The zero-order valence-electron chi connectivity index (χ0n) is 15.0. The van der Waals surface area contributed by atoms with Crippen LogP contribution in [0.3, 0.4) is 0 Å². The maximum absolute atomic E-state index is 12.0. The number of hydrogen-bond acceptors (Lipinski definition) is 3. The molecule has 0 radical (unpaired) electrons. The van der Waals surface area contributed by atoms with Gasteiger partial charge in [-0.1, -0.05) is 41.4 Å². The molecule has 1 fully saturated rings. The van der Waals surface area contributed by atoms with Gasteiger partial charge in [0.2, 0.25) is 11.8 Å². The molecule has 0 unspecified atom stereocenters. The number of urea groups is 1. The van der Waals surface area contributed by atoms with Gasteiger partial charge in [-0.15, -0.1) is 0 Å². The first-order valence-corrected chi connectivity index (χ1v) is 9.59. The highest BCUT2D eigenvalue weighted by Crippen LogP contribution is 2.21. The third kappa shape index (κ3) is 5.24. The SMILES string of the molecule is O=C(NCCc1ccc(Cl)cc1Cl)Nc1ccc(CN2C(=O)CCC2=O)cc1. The number of hydrogen-bond donors (Lipinski definition) is 2. The molecule has 2 aromatic carbocycles. The molecule has 1 saturated heterocycles. The lowest BCUT2D eigenvalue weighted by molar-refractivity contribution is -0.139. The van der Waals surface area contributed by atoms with E-state index in [1.165, 1.54) is 4.90 Å². The van der Waals surface area contributed by atoms with Gasteiger partial charge in [0.05, 0.1) is 6.54 Å². The van der Waals surface area contributed by atoms with Crippen molar-refractivity contribution in [3.8, 4) is 0 Å². The Labute approximate surface area is 172 Å². The monoisotopic (exact) mass is 419 g/mol. The number of anilines is 1. The van der Waals surface area contributed by atoms with Crippen LogP contribution < -0.4 is 10.6 Å². The standard InChI is InChI=1S/C20H19Cl2N3O3/c21-15-4-3-14(17(22)11-15)9-10-23-20(28)24-16-5-1-13(2-6-16)12-25-18(26)7-8-19(25)27/h1-6,11H,7-10,12H2,(H2,23,24,28). The molecular formula is C20H19Cl2N3O3. The second kappa shape index (κ2) is 9.08. The Bertz CT molecular complexity index is 884. The second-order valence-electron chi connectivity index (χ2n) is 6.44. The van der Waals surface area contributed by atoms with Crippen molar-refractivity contribution in [2.24, 2.45) is 0 Å². The molecule has 2 aromatic rings. The lowest BCUT2D eigenvalue weighted by Crippen LogP contribution is -2.30. The topological polar surface area (TPSA) is 78.5 Å². The quantitative estimate of drug-likeness (QED) is 0.694. The Balaban J connectivity index is 1.46. The van der Waals surface area contributed by atoms with Crippen LogP contribution in [0.15, 0.2) is 42.5 Å².